The second kappa shape index (κ2) is 6.61. The van der Waals surface area contributed by atoms with E-state index in [4.69, 9.17) is 4.74 Å². The molecule has 1 fully saturated rings. The summed E-state index contributed by atoms with van der Waals surface area (Å²) in [5, 5.41) is 0. The largest absolute Gasteiger partial charge is 0.481 e. The molecule has 0 spiro atoms. The second-order valence-electron chi connectivity index (χ2n) is 5.90. The van der Waals surface area contributed by atoms with Crippen LogP contribution in [0.15, 0.2) is 28.7 Å². The van der Waals surface area contributed by atoms with Crippen molar-refractivity contribution in [3.63, 3.8) is 0 Å². The number of ether oxygens (including phenoxy) is 1. The van der Waals surface area contributed by atoms with Crippen LogP contribution in [0.25, 0.3) is 0 Å². The van der Waals surface area contributed by atoms with Gasteiger partial charge in [-0.15, -0.1) is 0 Å². The minimum atomic E-state index is -0.436. The minimum absolute atomic E-state index is 0.0892. The number of carbonyl (C=O) groups excluding carboxylic acids is 1. The summed E-state index contributed by atoms with van der Waals surface area (Å²) < 4.78 is 6.75. The van der Waals surface area contributed by atoms with E-state index in [0.717, 1.165) is 23.3 Å². The number of nitrogens with zero attached hydrogens (tertiary/aromatic N) is 1. The Balaban J connectivity index is 1.96. The lowest BCUT2D eigenvalue weighted by molar-refractivity contribution is -0.140. The summed E-state index contributed by atoms with van der Waals surface area (Å²) in [5.74, 6) is 1.96. The third kappa shape index (κ3) is 3.98. The molecule has 1 amide bonds. The monoisotopic (exact) mass is 339 g/mol. The first kappa shape index (κ1) is 15.4. The van der Waals surface area contributed by atoms with E-state index in [-0.39, 0.29) is 5.91 Å². The lowest BCUT2D eigenvalue weighted by Crippen LogP contribution is -2.47. The summed E-state index contributed by atoms with van der Waals surface area (Å²) in [7, 11) is 0. The van der Waals surface area contributed by atoms with Crippen LogP contribution in [0, 0.1) is 11.8 Å². The van der Waals surface area contributed by atoms with Crippen molar-refractivity contribution in [2.75, 3.05) is 13.1 Å². The van der Waals surface area contributed by atoms with Crippen LogP contribution in [0.3, 0.4) is 0 Å². The molecule has 3 atom stereocenters. The van der Waals surface area contributed by atoms with Gasteiger partial charge >= 0.3 is 0 Å². The zero-order chi connectivity index (χ0) is 14.7. The Bertz CT molecular complexity index is 450. The van der Waals surface area contributed by atoms with Crippen LogP contribution in [0.2, 0.25) is 0 Å². The molecule has 0 radical (unpaired) electrons. The van der Waals surface area contributed by atoms with Crippen molar-refractivity contribution in [2.24, 2.45) is 11.8 Å². The van der Waals surface area contributed by atoms with E-state index in [1.165, 1.54) is 6.42 Å². The molecule has 1 heterocycles. The summed E-state index contributed by atoms with van der Waals surface area (Å²) in [6.45, 7) is 7.93. The number of amides is 1. The topological polar surface area (TPSA) is 29.5 Å². The van der Waals surface area contributed by atoms with E-state index < -0.39 is 6.10 Å². The molecule has 1 saturated heterocycles. The molecule has 0 bridgehead atoms. The van der Waals surface area contributed by atoms with Crippen LogP contribution in [0.5, 0.6) is 5.75 Å². The van der Waals surface area contributed by atoms with Gasteiger partial charge in [0.1, 0.15) is 5.75 Å². The lowest BCUT2D eigenvalue weighted by atomic mass is 9.91. The first-order valence-electron chi connectivity index (χ1n) is 7.16. The number of likely N-dealkylation sites (tertiary alicyclic amines) is 1. The zero-order valence-corrected chi connectivity index (χ0v) is 13.9. The van der Waals surface area contributed by atoms with Gasteiger partial charge in [0.15, 0.2) is 6.10 Å². The Morgan fingerprint density at radius 2 is 1.80 bits per heavy atom. The third-order valence-electron chi connectivity index (χ3n) is 3.65. The van der Waals surface area contributed by atoms with E-state index in [0.29, 0.717) is 11.8 Å². The normalized spacial score (nSPS) is 24.3. The first-order valence-corrected chi connectivity index (χ1v) is 7.96. The molecule has 0 aromatic heterocycles. The van der Waals surface area contributed by atoms with Gasteiger partial charge in [0.25, 0.3) is 5.91 Å². The van der Waals surface area contributed by atoms with Crippen molar-refractivity contribution in [3.8, 4) is 5.75 Å². The standard InChI is InChI=1S/C16H22BrNO2/c1-11-8-12(2)10-18(9-11)16(19)13(3)20-15-6-4-14(17)5-7-15/h4-7,11-13H,8-10H2,1-3H3. The summed E-state index contributed by atoms with van der Waals surface area (Å²) in [6.07, 6.45) is 0.764. The van der Waals surface area contributed by atoms with Gasteiger partial charge in [-0.2, -0.15) is 0 Å². The molecular formula is C16H22BrNO2. The summed E-state index contributed by atoms with van der Waals surface area (Å²) >= 11 is 3.39. The Morgan fingerprint density at radius 1 is 1.25 bits per heavy atom. The van der Waals surface area contributed by atoms with Crippen LogP contribution < -0.4 is 4.74 Å². The van der Waals surface area contributed by atoms with Crippen LogP contribution in [-0.2, 0) is 4.79 Å². The smallest absolute Gasteiger partial charge is 0.263 e. The number of hydrogen-bond donors (Lipinski definition) is 0. The molecule has 2 rings (SSSR count). The first-order chi connectivity index (χ1) is 9.45. The highest BCUT2D eigenvalue weighted by molar-refractivity contribution is 9.10. The highest BCUT2D eigenvalue weighted by Crippen LogP contribution is 2.23. The fraction of sp³-hybridized carbons (Fsp3) is 0.562. The minimum Gasteiger partial charge on any atom is -0.481 e. The number of rotatable bonds is 3. The number of carbonyl (C=O) groups is 1. The maximum atomic E-state index is 12.5. The van der Waals surface area contributed by atoms with Crippen molar-refractivity contribution in [1.82, 2.24) is 4.90 Å². The van der Waals surface area contributed by atoms with Crippen LogP contribution in [0.1, 0.15) is 27.2 Å². The average Bonchev–Trinajstić information content (AvgIpc) is 2.39. The maximum absolute atomic E-state index is 12.5. The second-order valence-corrected chi connectivity index (χ2v) is 6.82. The molecule has 3 unspecified atom stereocenters. The molecule has 20 heavy (non-hydrogen) atoms. The highest BCUT2D eigenvalue weighted by Gasteiger charge is 2.29. The van der Waals surface area contributed by atoms with Gasteiger partial charge < -0.3 is 9.64 Å². The van der Waals surface area contributed by atoms with Gasteiger partial charge in [0, 0.05) is 17.6 Å². The SMILES string of the molecule is CC1CC(C)CN(C(=O)C(C)Oc2ccc(Br)cc2)C1. The molecule has 4 heteroatoms. The average molecular weight is 340 g/mol. The van der Waals surface area contributed by atoms with Gasteiger partial charge in [0.05, 0.1) is 0 Å². The van der Waals surface area contributed by atoms with Crippen LogP contribution in [0.4, 0.5) is 0 Å². The van der Waals surface area contributed by atoms with Crippen LogP contribution in [-0.4, -0.2) is 30.0 Å². The van der Waals surface area contributed by atoms with Crippen molar-refractivity contribution < 1.29 is 9.53 Å². The summed E-state index contributed by atoms with van der Waals surface area (Å²) in [6, 6.07) is 7.57. The number of piperidine rings is 1. The molecule has 110 valence electrons. The maximum Gasteiger partial charge on any atom is 0.263 e. The quantitative estimate of drug-likeness (QED) is 0.839. The fourth-order valence-corrected chi connectivity index (χ4v) is 3.13. The van der Waals surface area contributed by atoms with E-state index in [1.807, 2.05) is 36.1 Å². The Morgan fingerprint density at radius 3 is 2.35 bits per heavy atom. The Labute approximate surface area is 129 Å². The Hall–Kier alpha value is -1.03. The molecule has 0 N–H and O–H groups in total. The third-order valence-corrected chi connectivity index (χ3v) is 4.18. The van der Waals surface area contributed by atoms with Gasteiger partial charge in [-0.1, -0.05) is 29.8 Å². The molecule has 0 saturated carbocycles. The van der Waals surface area contributed by atoms with E-state index in [9.17, 15) is 4.79 Å². The predicted octanol–water partition coefficient (Wildman–Crippen LogP) is 3.72. The van der Waals surface area contributed by atoms with Gasteiger partial charge in [-0.3, -0.25) is 4.79 Å². The fourth-order valence-electron chi connectivity index (χ4n) is 2.87. The molecule has 1 aliphatic heterocycles. The van der Waals surface area contributed by atoms with Crippen LogP contribution >= 0.6 is 15.9 Å². The van der Waals surface area contributed by atoms with E-state index in [2.05, 4.69) is 29.8 Å². The van der Waals surface area contributed by atoms with E-state index in [1.54, 1.807) is 0 Å². The van der Waals surface area contributed by atoms with Crippen molar-refractivity contribution in [3.05, 3.63) is 28.7 Å². The number of halogens is 1. The molecule has 3 nitrogen and oxygen atoms in total. The molecular weight excluding hydrogens is 318 g/mol. The number of hydrogen-bond acceptors (Lipinski definition) is 2. The Kier molecular flexibility index (Phi) is 5.08. The predicted molar refractivity (Wildman–Crippen MR) is 83.8 cm³/mol. The van der Waals surface area contributed by atoms with Gasteiger partial charge in [-0.05, 0) is 49.4 Å². The molecule has 1 aliphatic rings. The number of benzene rings is 1. The molecule has 0 aliphatic carbocycles. The molecule has 1 aromatic carbocycles. The molecule has 1 aromatic rings. The lowest BCUT2D eigenvalue weighted by Gasteiger charge is -2.36. The van der Waals surface area contributed by atoms with Gasteiger partial charge in [-0.25, -0.2) is 0 Å². The summed E-state index contributed by atoms with van der Waals surface area (Å²) in [5.41, 5.74) is 0. The zero-order valence-electron chi connectivity index (χ0n) is 12.3. The van der Waals surface area contributed by atoms with Crippen molar-refractivity contribution >= 4 is 21.8 Å². The summed E-state index contributed by atoms with van der Waals surface area (Å²) in [4.78, 5) is 14.4. The highest BCUT2D eigenvalue weighted by atomic mass is 79.9. The van der Waals surface area contributed by atoms with Crippen molar-refractivity contribution in [2.45, 2.75) is 33.3 Å². The van der Waals surface area contributed by atoms with Crippen molar-refractivity contribution in [1.29, 1.82) is 0 Å². The van der Waals surface area contributed by atoms with E-state index >= 15 is 0 Å². The van der Waals surface area contributed by atoms with Gasteiger partial charge in [0.2, 0.25) is 0 Å².